The molecular formula is C10H20O3. The summed E-state index contributed by atoms with van der Waals surface area (Å²) < 4.78 is 16.8. The Bertz CT molecular complexity index is 136. The van der Waals surface area contributed by atoms with Crippen LogP contribution >= 0.6 is 0 Å². The standard InChI is InChI=1S/C10H20O3/c1-4-11-10(12-5-2)8-6-7-9(3)13-10/h9H,4-8H2,1-3H3. The molecule has 0 aromatic carbocycles. The van der Waals surface area contributed by atoms with Crippen molar-refractivity contribution in [3.8, 4) is 0 Å². The Morgan fingerprint density at radius 2 is 1.92 bits per heavy atom. The third kappa shape index (κ3) is 2.93. The molecule has 0 N–H and O–H groups in total. The molecule has 0 amide bonds. The van der Waals surface area contributed by atoms with E-state index in [-0.39, 0.29) is 6.10 Å². The van der Waals surface area contributed by atoms with Gasteiger partial charge in [-0.05, 0) is 33.6 Å². The van der Waals surface area contributed by atoms with Gasteiger partial charge >= 0.3 is 0 Å². The smallest absolute Gasteiger partial charge is 0.283 e. The topological polar surface area (TPSA) is 27.7 Å². The molecule has 1 unspecified atom stereocenters. The third-order valence-corrected chi connectivity index (χ3v) is 2.20. The average molecular weight is 188 g/mol. The van der Waals surface area contributed by atoms with E-state index in [0.717, 1.165) is 19.3 Å². The predicted octanol–water partition coefficient (Wildman–Crippen LogP) is 2.30. The fourth-order valence-electron chi connectivity index (χ4n) is 1.72. The van der Waals surface area contributed by atoms with Crippen LogP contribution in [-0.4, -0.2) is 25.3 Å². The van der Waals surface area contributed by atoms with Gasteiger partial charge in [0.1, 0.15) is 0 Å². The molecule has 0 aromatic rings. The van der Waals surface area contributed by atoms with Crippen LogP contribution in [0.25, 0.3) is 0 Å². The van der Waals surface area contributed by atoms with E-state index in [4.69, 9.17) is 14.2 Å². The van der Waals surface area contributed by atoms with E-state index in [0.29, 0.717) is 13.2 Å². The molecule has 1 atom stereocenters. The van der Waals surface area contributed by atoms with Crippen molar-refractivity contribution in [3.05, 3.63) is 0 Å². The van der Waals surface area contributed by atoms with Crippen molar-refractivity contribution in [1.82, 2.24) is 0 Å². The number of rotatable bonds is 4. The van der Waals surface area contributed by atoms with Gasteiger partial charge < -0.3 is 14.2 Å². The van der Waals surface area contributed by atoms with Crippen molar-refractivity contribution < 1.29 is 14.2 Å². The van der Waals surface area contributed by atoms with E-state index in [1.807, 2.05) is 13.8 Å². The van der Waals surface area contributed by atoms with Gasteiger partial charge in [0.05, 0.1) is 6.10 Å². The first kappa shape index (κ1) is 11.0. The lowest BCUT2D eigenvalue weighted by atomic mass is 10.1. The summed E-state index contributed by atoms with van der Waals surface area (Å²) >= 11 is 0. The molecule has 1 aliphatic rings. The molecule has 0 bridgehead atoms. The summed E-state index contributed by atoms with van der Waals surface area (Å²) in [5.41, 5.74) is 0. The zero-order chi connectivity index (χ0) is 9.73. The highest BCUT2D eigenvalue weighted by molar-refractivity contribution is 4.68. The molecule has 3 heteroatoms. The maximum Gasteiger partial charge on any atom is 0.283 e. The molecular weight excluding hydrogens is 168 g/mol. The van der Waals surface area contributed by atoms with E-state index < -0.39 is 5.97 Å². The second kappa shape index (κ2) is 4.94. The maximum atomic E-state index is 5.71. The molecule has 1 fully saturated rings. The van der Waals surface area contributed by atoms with Crippen molar-refractivity contribution in [2.24, 2.45) is 0 Å². The summed E-state index contributed by atoms with van der Waals surface area (Å²) in [6.07, 6.45) is 3.30. The van der Waals surface area contributed by atoms with Crippen molar-refractivity contribution in [3.63, 3.8) is 0 Å². The van der Waals surface area contributed by atoms with Crippen LogP contribution in [0.5, 0.6) is 0 Å². The highest BCUT2D eigenvalue weighted by atomic mass is 16.9. The van der Waals surface area contributed by atoms with Crippen LogP contribution in [0.3, 0.4) is 0 Å². The highest BCUT2D eigenvalue weighted by Crippen LogP contribution is 2.30. The van der Waals surface area contributed by atoms with Gasteiger partial charge in [0, 0.05) is 19.6 Å². The fraction of sp³-hybridized carbons (Fsp3) is 1.00. The zero-order valence-electron chi connectivity index (χ0n) is 8.84. The molecule has 0 spiro atoms. The molecule has 1 aliphatic heterocycles. The van der Waals surface area contributed by atoms with E-state index in [1.54, 1.807) is 0 Å². The van der Waals surface area contributed by atoms with E-state index >= 15 is 0 Å². The zero-order valence-corrected chi connectivity index (χ0v) is 8.84. The van der Waals surface area contributed by atoms with Crippen LogP contribution in [0.1, 0.15) is 40.0 Å². The minimum Gasteiger partial charge on any atom is -0.328 e. The lowest BCUT2D eigenvalue weighted by Crippen LogP contribution is -2.44. The van der Waals surface area contributed by atoms with Crippen molar-refractivity contribution in [2.75, 3.05) is 13.2 Å². The summed E-state index contributed by atoms with van der Waals surface area (Å²) in [4.78, 5) is 0. The first-order chi connectivity index (χ1) is 6.22. The molecule has 13 heavy (non-hydrogen) atoms. The summed E-state index contributed by atoms with van der Waals surface area (Å²) in [6, 6.07) is 0. The normalized spacial score (nSPS) is 27.5. The Kier molecular flexibility index (Phi) is 4.16. The molecule has 0 radical (unpaired) electrons. The Morgan fingerprint density at radius 3 is 2.38 bits per heavy atom. The van der Waals surface area contributed by atoms with Gasteiger partial charge in [0.15, 0.2) is 0 Å². The first-order valence-corrected chi connectivity index (χ1v) is 5.18. The minimum absolute atomic E-state index is 0.242. The molecule has 1 rings (SSSR count). The lowest BCUT2D eigenvalue weighted by molar-refractivity contribution is -0.403. The van der Waals surface area contributed by atoms with Crippen LogP contribution in [0.15, 0.2) is 0 Å². The van der Waals surface area contributed by atoms with Gasteiger partial charge in [-0.3, -0.25) is 0 Å². The third-order valence-electron chi connectivity index (χ3n) is 2.20. The maximum absolute atomic E-state index is 5.71. The largest absolute Gasteiger partial charge is 0.328 e. The second-order valence-corrected chi connectivity index (χ2v) is 3.37. The Hall–Kier alpha value is -0.120. The average Bonchev–Trinajstić information content (AvgIpc) is 2.04. The Morgan fingerprint density at radius 1 is 1.31 bits per heavy atom. The quantitative estimate of drug-likeness (QED) is 0.633. The summed E-state index contributed by atoms with van der Waals surface area (Å²) in [6.45, 7) is 7.25. The molecule has 0 aromatic heterocycles. The molecule has 1 heterocycles. The van der Waals surface area contributed by atoms with Crippen molar-refractivity contribution in [1.29, 1.82) is 0 Å². The molecule has 78 valence electrons. The fourth-order valence-corrected chi connectivity index (χ4v) is 1.72. The molecule has 0 aliphatic carbocycles. The van der Waals surface area contributed by atoms with Gasteiger partial charge in [-0.1, -0.05) is 0 Å². The van der Waals surface area contributed by atoms with Crippen LogP contribution in [0.4, 0.5) is 0 Å². The van der Waals surface area contributed by atoms with E-state index in [1.165, 1.54) is 0 Å². The summed E-state index contributed by atoms with van der Waals surface area (Å²) in [5, 5.41) is 0. The summed E-state index contributed by atoms with van der Waals surface area (Å²) in [5.74, 6) is -0.749. The monoisotopic (exact) mass is 188 g/mol. The minimum atomic E-state index is -0.749. The Labute approximate surface area is 80.4 Å². The summed E-state index contributed by atoms with van der Waals surface area (Å²) in [7, 11) is 0. The SMILES string of the molecule is CCOC1(OCC)CCCC(C)O1. The number of hydrogen-bond donors (Lipinski definition) is 0. The van der Waals surface area contributed by atoms with Crippen LogP contribution < -0.4 is 0 Å². The lowest BCUT2D eigenvalue weighted by Gasteiger charge is -2.38. The Balaban J connectivity index is 2.53. The van der Waals surface area contributed by atoms with Gasteiger partial charge in [0.25, 0.3) is 5.97 Å². The van der Waals surface area contributed by atoms with Crippen LogP contribution in [-0.2, 0) is 14.2 Å². The van der Waals surface area contributed by atoms with Crippen molar-refractivity contribution in [2.45, 2.75) is 52.1 Å². The van der Waals surface area contributed by atoms with Crippen LogP contribution in [0, 0.1) is 0 Å². The van der Waals surface area contributed by atoms with Crippen LogP contribution in [0.2, 0.25) is 0 Å². The number of ether oxygens (including phenoxy) is 3. The van der Waals surface area contributed by atoms with Gasteiger partial charge in [0.2, 0.25) is 0 Å². The second-order valence-electron chi connectivity index (χ2n) is 3.37. The van der Waals surface area contributed by atoms with E-state index in [2.05, 4.69) is 6.92 Å². The highest BCUT2D eigenvalue weighted by Gasteiger charge is 2.37. The number of hydrogen-bond acceptors (Lipinski definition) is 3. The van der Waals surface area contributed by atoms with Gasteiger partial charge in [-0.2, -0.15) is 0 Å². The van der Waals surface area contributed by atoms with Gasteiger partial charge in [-0.25, -0.2) is 0 Å². The van der Waals surface area contributed by atoms with Gasteiger partial charge in [-0.15, -0.1) is 0 Å². The molecule has 3 nitrogen and oxygen atoms in total. The van der Waals surface area contributed by atoms with Crippen molar-refractivity contribution >= 4 is 0 Å². The first-order valence-electron chi connectivity index (χ1n) is 5.18. The molecule has 1 saturated heterocycles. The predicted molar refractivity (Wildman–Crippen MR) is 50.4 cm³/mol. The molecule has 0 saturated carbocycles. The van der Waals surface area contributed by atoms with E-state index in [9.17, 15) is 0 Å².